The summed E-state index contributed by atoms with van der Waals surface area (Å²) >= 11 is 0. The van der Waals surface area contributed by atoms with E-state index in [-0.39, 0.29) is 12.6 Å². The summed E-state index contributed by atoms with van der Waals surface area (Å²) in [5.74, 6) is 0. The topological polar surface area (TPSA) is 57.6 Å². The van der Waals surface area contributed by atoms with Crippen molar-refractivity contribution < 1.29 is 13.5 Å². The molecule has 0 saturated carbocycles. The fourth-order valence-electron chi connectivity index (χ4n) is 0.442. The molecule has 1 unspecified atom stereocenters. The SMILES string of the molecule is CC(CO)N(C)S(C)(=O)=O. The lowest BCUT2D eigenvalue weighted by molar-refractivity contribution is 0.214. The van der Waals surface area contributed by atoms with Gasteiger partial charge < -0.3 is 5.11 Å². The van der Waals surface area contributed by atoms with Crippen molar-refractivity contribution >= 4 is 10.0 Å². The summed E-state index contributed by atoms with van der Waals surface area (Å²) in [6.45, 7) is 1.49. The third-order valence-electron chi connectivity index (χ3n) is 1.41. The Bertz CT molecular complexity index is 187. The Balaban J connectivity index is 4.23. The molecule has 0 bridgehead atoms. The van der Waals surface area contributed by atoms with Crippen molar-refractivity contribution in [1.29, 1.82) is 0 Å². The van der Waals surface area contributed by atoms with E-state index in [0.29, 0.717) is 0 Å². The van der Waals surface area contributed by atoms with E-state index in [1.54, 1.807) is 6.92 Å². The standard InChI is InChI=1S/C5H13NO3S/c1-5(4-7)6(2)10(3,8)9/h5,7H,4H2,1-3H3. The average molecular weight is 167 g/mol. The van der Waals surface area contributed by atoms with Crippen LogP contribution < -0.4 is 0 Å². The molecule has 0 aromatic heterocycles. The first kappa shape index (κ1) is 9.87. The maximum atomic E-state index is 10.7. The van der Waals surface area contributed by atoms with E-state index in [0.717, 1.165) is 10.6 Å². The van der Waals surface area contributed by atoms with Gasteiger partial charge in [0.05, 0.1) is 12.9 Å². The lowest BCUT2D eigenvalue weighted by atomic mass is 10.4. The minimum absolute atomic E-state index is 0.149. The normalized spacial score (nSPS) is 15.7. The molecule has 0 aliphatic heterocycles. The number of nitrogens with zero attached hydrogens (tertiary/aromatic N) is 1. The molecule has 0 fully saturated rings. The molecule has 0 radical (unpaired) electrons. The van der Waals surface area contributed by atoms with Gasteiger partial charge in [-0.15, -0.1) is 0 Å². The van der Waals surface area contributed by atoms with Crippen molar-refractivity contribution in [2.75, 3.05) is 19.9 Å². The summed E-state index contributed by atoms with van der Waals surface area (Å²) in [5.41, 5.74) is 0. The first-order valence-corrected chi connectivity index (χ1v) is 4.78. The highest BCUT2D eigenvalue weighted by Crippen LogP contribution is 1.99. The van der Waals surface area contributed by atoms with E-state index in [4.69, 9.17) is 5.11 Å². The van der Waals surface area contributed by atoms with E-state index < -0.39 is 10.0 Å². The Kier molecular flexibility index (Phi) is 3.27. The van der Waals surface area contributed by atoms with Gasteiger partial charge in [-0.3, -0.25) is 0 Å². The fraction of sp³-hybridized carbons (Fsp3) is 1.00. The van der Waals surface area contributed by atoms with Crippen LogP contribution in [0, 0.1) is 0 Å². The van der Waals surface area contributed by atoms with Crippen LogP contribution in [0.3, 0.4) is 0 Å². The summed E-state index contributed by atoms with van der Waals surface area (Å²) in [6.07, 6.45) is 1.11. The van der Waals surface area contributed by atoms with Gasteiger partial charge in [-0.25, -0.2) is 12.7 Å². The highest BCUT2D eigenvalue weighted by molar-refractivity contribution is 7.88. The molecular formula is C5H13NO3S. The monoisotopic (exact) mass is 167 g/mol. The minimum atomic E-state index is -3.14. The zero-order valence-corrected chi connectivity index (χ0v) is 7.22. The van der Waals surface area contributed by atoms with Gasteiger partial charge in [0.15, 0.2) is 0 Å². The lowest BCUT2D eigenvalue weighted by Crippen LogP contribution is -2.36. The number of likely N-dealkylation sites (N-methyl/N-ethyl adjacent to an activating group) is 1. The van der Waals surface area contributed by atoms with Crippen molar-refractivity contribution in [3.63, 3.8) is 0 Å². The Hall–Kier alpha value is -0.130. The molecule has 1 atom stereocenters. The summed E-state index contributed by atoms with van der Waals surface area (Å²) in [4.78, 5) is 0. The highest BCUT2D eigenvalue weighted by Gasteiger charge is 2.16. The van der Waals surface area contributed by atoms with Crippen molar-refractivity contribution in [1.82, 2.24) is 4.31 Å². The Morgan fingerprint density at radius 1 is 1.60 bits per heavy atom. The second-order valence-electron chi connectivity index (χ2n) is 2.31. The van der Waals surface area contributed by atoms with E-state index in [2.05, 4.69) is 0 Å². The second-order valence-corrected chi connectivity index (χ2v) is 4.35. The molecule has 0 aromatic carbocycles. The van der Waals surface area contributed by atoms with E-state index >= 15 is 0 Å². The molecule has 5 heteroatoms. The van der Waals surface area contributed by atoms with Crippen molar-refractivity contribution in [2.24, 2.45) is 0 Å². The van der Waals surface area contributed by atoms with Crippen molar-refractivity contribution in [3.05, 3.63) is 0 Å². The molecule has 0 rings (SSSR count). The number of aliphatic hydroxyl groups is 1. The summed E-state index contributed by atoms with van der Waals surface area (Å²) in [5, 5.41) is 8.56. The second kappa shape index (κ2) is 3.32. The average Bonchev–Trinajstić information content (AvgIpc) is 1.83. The third-order valence-corrected chi connectivity index (χ3v) is 2.81. The first-order chi connectivity index (χ1) is 4.39. The molecule has 1 N–H and O–H groups in total. The van der Waals surface area contributed by atoms with Gasteiger partial charge in [-0.05, 0) is 6.92 Å². The Labute approximate surface area is 61.5 Å². The molecule has 0 saturated heterocycles. The zero-order chi connectivity index (χ0) is 8.36. The summed E-state index contributed by atoms with van der Waals surface area (Å²) in [6, 6.07) is -0.338. The minimum Gasteiger partial charge on any atom is -0.395 e. The maximum absolute atomic E-state index is 10.7. The van der Waals surface area contributed by atoms with Gasteiger partial charge in [-0.2, -0.15) is 0 Å². The first-order valence-electron chi connectivity index (χ1n) is 2.93. The van der Waals surface area contributed by atoms with Crippen LogP contribution in [-0.4, -0.2) is 43.8 Å². The van der Waals surface area contributed by atoms with Crippen LogP contribution in [0.15, 0.2) is 0 Å². The molecule has 0 aromatic rings. The number of sulfonamides is 1. The van der Waals surface area contributed by atoms with Crippen LogP contribution in [0.1, 0.15) is 6.92 Å². The van der Waals surface area contributed by atoms with E-state index in [9.17, 15) is 8.42 Å². The third kappa shape index (κ3) is 2.64. The molecule has 0 amide bonds. The fourth-order valence-corrected chi connectivity index (χ4v) is 1.16. The van der Waals surface area contributed by atoms with Crippen LogP contribution >= 0.6 is 0 Å². The van der Waals surface area contributed by atoms with Gasteiger partial charge in [0.1, 0.15) is 0 Å². The largest absolute Gasteiger partial charge is 0.395 e. The number of hydrogen-bond donors (Lipinski definition) is 1. The molecular weight excluding hydrogens is 154 g/mol. The molecule has 0 aliphatic carbocycles. The van der Waals surface area contributed by atoms with Crippen LogP contribution in [-0.2, 0) is 10.0 Å². The highest BCUT2D eigenvalue weighted by atomic mass is 32.2. The van der Waals surface area contributed by atoms with Crippen LogP contribution in [0.4, 0.5) is 0 Å². The van der Waals surface area contributed by atoms with Crippen LogP contribution in [0.5, 0.6) is 0 Å². The summed E-state index contributed by atoms with van der Waals surface area (Å²) in [7, 11) is -1.70. The van der Waals surface area contributed by atoms with E-state index in [1.807, 2.05) is 0 Å². The molecule has 0 aliphatic rings. The smallest absolute Gasteiger partial charge is 0.211 e. The van der Waals surface area contributed by atoms with Gasteiger partial charge in [0.25, 0.3) is 0 Å². The zero-order valence-electron chi connectivity index (χ0n) is 6.40. The molecule has 10 heavy (non-hydrogen) atoms. The van der Waals surface area contributed by atoms with Gasteiger partial charge in [0, 0.05) is 13.1 Å². The Morgan fingerprint density at radius 3 is 2.10 bits per heavy atom. The quantitative estimate of drug-likeness (QED) is 0.602. The van der Waals surface area contributed by atoms with Gasteiger partial charge in [-0.1, -0.05) is 0 Å². The number of rotatable bonds is 3. The lowest BCUT2D eigenvalue weighted by Gasteiger charge is -2.19. The molecule has 62 valence electrons. The van der Waals surface area contributed by atoms with Crippen LogP contribution in [0.2, 0.25) is 0 Å². The van der Waals surface area contributed by atoms with E-state index in [1.165, 1.54) is 7.05 Å². The van der Waals surface area contributed by atoms with Crippen LogP contribution in [0.25, 0.3) is 0 Å². The van der Waals surface area contributed by atoms with Crippen molar-refractivity contribution in [2.45, 2.75) is 13.0 Å². The summed E-state index contributed by atoms with van der Waals surface area (Å²) < 4.78 is 22.6. The predicted octanol–water partition coefficient (Wildman–Crippen LogP) is -0.741. The Morgan fingerprint density at radius 2 is 2.00 bits per heavy atom. The molecule has 0 spiro atoms. The number of hydrogen-bond acceptors (Lipinski definition) is 3. The maximum Gasteiger partial charge on any atom is 0.211 e. The number of aliphatic hydroxyl groups excluding tert-OH is 1. The predicted molar refractivity (Wildman–Crippen MR) is 39.2 cm³/mol. The molecule has 0 heterocycles. The molecule has 4 nitrogen and oxygen atoms in total. The van der Waals surface area contributed by atoms with Gasteiger partial charge >= 0.3 is 0 Å². The van der Waals surface area contributed by atoms with Crippen molar-refractivity contribution in [3.8, 4) is 0 Å². The van der Waals surface area contributed by atoms with Gasteiger partial charge in [0.2, 0.25) is 10.0 Å².